The van der Waals surface area contributed by atoms with E-state index in [1.165, 1.54) is 0 Å². The topological polar surface area (TPSA) is 83.0 Å². The minimum absolute atomic E-state index is 0.224. The molecule has 3 aromatic rings. The number of aromatic nitrogens is 3. The van der Waals surface area contributed by atoms with Crippen LogP contribution in [0.2, 0.25) is 0 Å². The summed E-state index contributed by atoms with van der Waals surface area (Å²) in [5.74, 6) is 1.44. The van der Waals surface area contributed by atoms with Crippen molar-refractivity contribution < 1.29 is 5.11 Å². The van der Waals surface area contributed by atoms with Crippen molar-refractivity contribution in [1.29, 1.82) is 0 Å². The molecular weight excluding hydrogens is 314 g/mol. The summed E-state index contributed by atoms with van der Waals surface area (Å²) in [6.07, 6.45) is 2.71. The Morgan fingerprint density at radius 1 is 1.04 bits per heavy atom. The second-order valence-corrected chi connectivity index (χ2v) is 5.80. The van der Waals surface area contributed by atoms with Crippen LogP contribution >= 0.6 is 0 Å². The normalized spacial score (nSPS) is 11.8. The van der Waals surface area contributed by atoms with Gasteiger partial charge in [-0.3, -0.25) is 4.98 Å². The maximum Gasteiger partial charge on any atom is 0.225 e. The summed E-state index contributed by atoms with van der Waals surface area (Å²) in [6, 6.07) is 14.7. The number of rotatable bonds is 6. The van der Waals surface area contributed by atoms with E-state index >= 15 is 0 Å². The summed E-state index contributed by atoms with van der Waals surface area (Å²) in [5, 5.41) is 16.0. The van der Waals surface area contributed by atoms with Gasteiger partial charge in [0.15, 0.2) is 0 Å². The minimum atomic E-state index is 0.224. The van der Waals surface area contributed by atoms with E-state index in [9.17, 15) is 5.11 Å². The molecule has 1 atom stereocenters. The highest BCUT2D eigenvalue weighted by Gasteiger charge is 2.10. The molecule has 0 unspecified atom stereocenters. The molecule has 1 aromatic carbocycles. The highest BCUT2D eigenvalue weighted by atomic mass is 16.3. The van der Waals surface area contributed by atoms with Gasteiger partial charge in [-0.15, -0.1) is 0 Å². The largest absolute Gasteiger partial charge is 0.508 e. The van der Waals surface area contributed by atoms with Crippen molar-refractivity contribution >= 4 is 17.5 Å². The maximum absolute atomic E-state index is 9.41. The van der Waals surface area contributed by atoms with Gasteiger partial charge in [0.05, 0.1) is 11.4 Å². The van der Waals surface area contributed by atoms with Gasteiger partial charge in [0.25, 0.3) is 0 Å². The van der Waals surface area contributed by atoms with Gasteiger partial charge in [0, 0.05) is 24.0 Å². The van der Waals surface area contributed by atoms with E-state index in [1.807, 2.05) is 24.3 Å². The Labute approximate surface area is 147 Å². The van der Waals surface area contributed by atoms with E-state index in [-0.39, 0.29) is 11.8 Å². The zero-order chi connectivity index (χ0) is 17.6. The third-order valence-electron chi connectivity index (χ3n) is 3.78. The van der Waals surface area contributed by atoms with Crippen LogP contribution < -0.4 is 10.6 Å². The van der Waals surface area contributed by atoms with Crippen LogP contribution in [0, 0.1) is 0 Å². The Balaban J connectivity index is 1.95. The number of phenols is 1. The molecule has 0 fully saturated rings. The third-order valence-corrected chi connectivity index (χ3v) is 3.78. The molecule has 2 heterocycles. The average molecular weight is 335 g/mol. The number of hydrogen-bond acceptors (Lipinski definition) is 6. The standard InChI is InChI=1S/C19H21N5O/c1-3-13(2)21-19-23-17(16-6-4-5-11-20-16)12-18(24-19)22-14-7-9-15(25)10-8-14/h4-13,25H,3H2,1-2H3,(H2,21,22,23,24)/t13-/m0/s1. The molecule has 3 N–H and O–H groups in total. The fraction of sp³-hybridized carbons (Fsp3) is 0.211. The number of benzene rings is 1. The molecule has 3 rings (SSSR count). The predicted molar refractivity (Wildman–Crippen MR) is 100 cm³/mol. The summed E-state index contributed by atoms with van der Waals surface area (Å²) in [6.45, 7) is 4.19. The highest BCUT2D eigenvalue weighted by Crippen LogP contribution is 2.23. The number of anilines is 3. The molecule has 0 aliphatic carbocycles. The van der Waals surface area contributed by atoms with Crippen molar-refractivity contribution in [3.63, 3.8) is 0 Å². The molecular formula is C19H21N5O. The molecule has 0 saturated heterocycles. The van der Waals surface area contributed by atoms with Gasteiger partial charge >= 0.3 is 0 Å². The second-order valence-electron chi connectivity index (χ2n) is 5.80. The zero-order valence-corrected chi connectivity index (χ0v) is 14.3. The maximum atomic E-state index is 9.41. The Kier molecular flexibility index (Phi) is 5.09. The molecule has 0 saturated carbocycles. The predicted octanol–water partition coefficient (Wildman–Crippen LogP) is 4.20. The number of nitrogens with one attached hydrogen (secondary N) is 2. The highest BCUT2D eigenvalue weighted by molar-refractivity contribution is 5.65. The summed E-state index contributed by atoms with van der Waals surface area (Å²) < 4.78 is 0. The van der Waals surface area contributed by atoms with Gasteiger partial charge in [-0.2, -0.15) is 4.98 Å². The van der Waals surface area contributed by atoms with Crippen LogP contribution in [0.3, 0.4) is 0 Å². The van der Waals surface area contributed by atoms with Gasteiger partial charge in [-0.1, -0.05) is 13.0 Å². The van der Waals surface area contributed by atoms with Crippen LogP contribution in [0.15, 0.2) is 54.7 Å². The lowest BCUT2D eigenvalue weighted by Gasteiger charge is -2.14. The lowest BCUT2D eigenvalue weighted by Crippen LogP contribution is -2.16. The quantitative estimate of drug-likeness (QED) is 0.586. The molecule has 0 bridgehead atoms. The summed E-state index contributed by atoms with van der Waals surface area (Å²) in [7, 11) is 0. The summed E-state index contributed by atoms with van der Waals surface area (Å²) in [4.78, 5) is 13.5. The smallest absolute Gasteiger partial charge is 0.225 e. The molecule has 0 aliphatic rings. The van der Waals surface area contributed by atoms with Gasteiger partial charge in [-0.05, 0) is 49.7 Å². The zero-order valence-electron chi connectivity index (χ0n) is 14.3. The SMILES string of the molecule is CC[C@H](C)Nc1nc(Nc2ccc(O)cc2)cc(-c2ccccn2)n1. The number of pyridine rings is 1. The van der Waals surface area contributed by atoms with Crippen molar-refractivity contribution in [2.45, 2.75) is 26.3 Å². The van der Waals surface area contributed by atoms with Gasteiger partial charge in [0.1, 0.15) is 11.6 Å². The second kappa shape index (κ2) is 7.61. The van der Waals surface area contributed by atoms with Crippen LogP contribution in [-0.4, -0.2) is 26.1 Å². The Bertz CT molecular complexity index is 821. The van der Waals surface area contributed by atoms with Crippen molar-refractivity contribution in [3.8, 4) is 17.1 Å². The third kappa shape index (κ3) is 4.44. The molecule has 0 radical (unpaired) electrons. The fourth-order valence-electron chi connectivity index (χ4n) is 2.24. The Morgan fingerprint density at radius 3 is 2.52 bits per heavy atom. The van der Waals surface area contributed by atoms with Crippen molar-refractivity contribution in [3.05, 3.63) is 54.7 Å². The van der Waals surface area contributed by atoms with Gasteiger partial charge in [-0.25, -0.2) is 4.98 Å². The monoisotopic (exact) mass is 335 g/mol. The molecule has 0 aliphatic heterocycles. The number of hydrogen-bond donors (Lipinski definition) is 3. The first-order chi connectivity index (χ1) is 12.1. The first kappa shape index (κ1) is 16.7. The molecule has 6 heteroatoms. The molecule has 6 nitrogen and oxygen atoms in total. The Hall–Kier alpha value is -3.15. The molecule has 0 amide bonds. The molecule has 2 aromatic heterocycles. The van der Waals surface area contributed by atoms with E-state index < -0.39 is 0 Å². The molecule has 0 spiro atoms. The summed E-state index contributed by atoms with van der Waals surface area (Å²) in [5.41, 5.74) is 2.35. The van der Waals surface area contributed by atoms with Crippen molar-refractivity contribution in [2.24, 2.45) is 0 Å². The van der Waals surface area contributed by atoms with Crippen LogP contribution in [0.1, 0.15) is 20.3 Å². The van der Waals surface area contributed by atoms with Crippen LogP contribution in [0.5, 0.6) is 5.75 Å². The Morgan fingerprint density at radius 2 is 1.84 bits per heavy atom. The van der Waals surface area contributed by atoms with Crippen LogP contribution in [0.25, 0.3) is 11.4 Å². The van der Waals surface area contributed by atoms with E-state index in [4.69, 9.17) is 0 Å². The van der Waals surface area contributed by atoms with E-state index in [0.29, 0.717) is 11.8 Å². The van der Waals surface area contributed by atoms with E-state index in [0.717, 1.165) is 23.5 Å². The summed E-state index contributed by atoms with van der Waals surface area (Å²) >= 11 is 0. The first-order valence-corrected chi connectivity index (χ1v) is 8.27. The van der Waals surface area contributed by atoms with Crippen molar-refractivity contribution in [2.75, 3.05) is 10.6 Å². The van der Waals surface area contributed by atoms with Crippen LogP contribution in [0.4, 0.5) is 17.5 Å². The first-order valence-electron chi connectivity index (χ1n) is 8.27. The molecule has 25 heavy (non-hydrogen) atoms. The van der Waals surface area contributed by atoms with E-state index in [2.05, 4.69) is 39.4 Å². The van der Waals surface area contributed by atoms with Gasteiger partial charge in [0.2, 0.25) is 5.95 Å². The minimum Gasteiger partial charge on any atom is -0.508 e. The number of nitrogens with zero attached hydrogens (tertiary/aromatic N) is 3. The number of aromatic hydroxyl groups is 1. The number of phenolic OH excluding ortho intramolecular Hbond substituents is 1. The van der Waals surface area contributed by atoms with Crippen LogP contribution in [-0.2, 0) is 0 Å². The lowest BCUT2D eigenvalue weighted by molar-refractivity contribution is 0.475. The van der Waals surface area contributed by atoms with Crippen molar-refractivity contribution in [1.82, 2.24) is 15.0 Å². The average Bonchev–Trinajstić information content (AvgIpc) is 2.64. The van der Waals surface area contributed by atoms with Gasteiger partial charge < -0.3 is 15.7 Å². The lowest BCUT2D eigenvalue weighted by atomic mass is 10.2. The fourth-order valence-corrected chi connectivity index (χ4v) is 2.24. The van der Waals surface area contributed by atoms with E-state index in [1.54, 1.807) is 30.5 Å². The molecule has 128 valence electrons.